The van der Waals surface area contributed by atoms with Crippen LogP contribution in [0.2, 0.25) is 0 Å². The minimum atomic E-state index is -0.0519. The molecule has 1 N–H and O–H groups in total. The number of carbonyl (C=O) groups is 1. The number of aromatic amines is 1. The van der Waals surface area contributed by atoms with Crippen LogP contribution in [-0.2, 0) is 6.61 Å². The SMILES string of the molecule is C=C1c2[nH]c(-c3ccc(OCc4ccccc4)cc3)nc2N(CCC)C(=O)N1CCC. The molecule has 160 valence electrons. The summed E-state index contributed by atoms with van der Waals surface area (Å²) in [6.07, 6.45) is 1.72. The summed E-state index contributed by atoms with van der Waals surface area (Å²) in [7, 11) is 0. The number of nitrogens with one attached hydrogen (secondary N) is 1. The van der Waals surface area contributed by atoms with Gasteiger partial charge in [-0.3, -0.25) is 9.80 Å². The molecule has 2 heterocycles. The van der Waals surface area contributed by atoms with Crippen molar-refractivity contribution in [2.24, 2.45) is 0 Å². The van der Waals surface area contributed by atoms with Crippen LogP contribution in [0.3, 0.4) is 0 Å². The van der Waals surface area contributed by atoms with E-state index in [4.69, 9.17) is 9.72 Å². The Labute approximate surface area is 183 Å². The zero-order valence-electron chi connectivity index (χ0n) is 18.1. The van der Waals surface area contributed by atoms with Crippen molar-refractivity contribution in [1.29, 1.82) is 0 Å². The second kappa shape index (κ2) is 9.08. The summed E-state index contributed by atoms with van der Waals surface area (Å²) >= 11 is 0. The Balaban J connectivity index is 1.56. The van der Waals surface area contributed by atoms with Gasteiger partial charge in [0.25, 0.3) is 0 Å². The molecule has 1 aromatic heterocycles. The molecule has 1 aliphatic rings. The molecule has 6 heteroatoms. The average Bonchev–Trinajstić information content (AvgIpc) is 3.25. The average molecular weight is 417 g/mol. The molecule has 31 heavy (non-hydrogen) atoms. The molecule has 1 aliphatic heterocycles. The fraction of sp³-hybridized carbons (Fsp3) is 0.280. The van der Waals surface area contributed by atoms with Gasteiger partial charge in [0, 0.05) is 18.7 Å². The van der Waals surface area contributed by atoms with Gasteiger partial charge in [0.1, 0.15) is 23.9 Å². The van der Waals surface area contributed by atoms with E-state index >= 15 is 0 Å². The molecule has 0 bridgehead atoms. The second-order valence-electron chi connectivity index (χ2n) is 7.62. The summed E-state index contributed by atoms with van der Waals surface area (Å²) in [4.78, 5) is 24.6. The molecule has 0 atom stereocenters. The third kappa shape index (κ3) is 4.19. The van der Waals surface area contributed by atoms with Crippen molar-refractivity contribution >= 4 is 17.5 Å². The third-order valence-electron chi connectivity index (χ3n) is 5.29. The molecule has 6 nitrogen and oxygen atoms in total. The van der Waals surface area contributed by atoms with Crippen LogP contribution in [0.5, 0.6) is 5.75 Å². The Bertz CT molecular complexity index is 1060. The lowest BCUT2D eigenvalue weighted by molar-refractivity contribution is 0.223. The Morgan fingerprint density at radius 2 is 1.65 bits per heavy atom. The molecule has 0 unspecified atom stereocenters. The van der Waals surface area contributed by atoms with Gasteiger partial charge in [-0.1, -0.05) is 50.8 Å². The topological polar surface area (TPSA) is 61.5 Å². The molecule has 2 amide bonds. The zero-order valence-corrected chi connectivity index (χ0v) is 18.1. The number of anilines is 1. The molecular weight excluding hydrogens is 388 g/mol. The number of fused-ring (bicyclic) bond motifs is 1. The van der Waals surface area contributed by atoms with E-state index in [1.165, 1.54) is 0 Å². The van der Waals surface area contributed by atoms with E-state index in [0.29, 0.717) is 37.0 Å². The Morgan fingerprint density at radius 1 is 0.968 bits per heavy atom. The van der Waals surface area contributed by atoms with Crippen molar-refractivity contribution < 1.29 is 9.53 Å². The molecule has 0 saturated heterocycles. The monoisotopic (exact) mass is 416 g/mol. The lowest BCUT2D eigenvalue weighted by Gasteiger charge is -2.35. The molecule has 0 aliphatic carbocycles. The van der Waals surface area contributed by atoms with Crippen LogP contribution >= 0.6 is 0 Å². The Hall–Kier alpha value is -3.54. The first-order valence-corrected chi connectivity index (χ1v) is 10.8. The van der Waals surface area contributed by atoms with E-state index in [-0.39, 0.29) is 6.03 Å². The fourth-order valence-corrected chi connectivity index (χ4v) is 3.71. The molecular formula is C25H28N4O2. The van der Waals surface area contributed by atoms with Gasteiger partial charge in [-0.05, 0) is 42.7 Å². The Kier molecular flexibility index (Phi) is 6.07. The molecule has 0 spiro atoms. The van der Waals surface area contributed by atoms with Gasteiger partial charge >= 0.3 is 6.03 Å². The van der Waals surface area contributed by atoms with E-state index in [1.807, 2.05) is 54.6 Å². The highest BCUT2D eigenvalue weighted by Crippen LogP contribution is 2.36. The van der Waals surface area contributed by atoms with E-state index in [9.17, 15) is 4.79 Å². The number of hydrogen-bond acceptors (Lipinski definition) is 3. The fourth-order valence-electron chi connectivity index (χ4n) is 3.71. The smallest absolute Gasteiger partial charge is 0.330 e. The number of carbonyl (C=O) groups excluding carboxylic acids is 1. The van der Waals surface area contributed by atoms with Gasteiger partial charge in [0.15, 0.2) is 5.82 Å². The van der Waals surface area contributed by atoms with Gasteiger partial charge in [-0.2, -0.15) is 0 Å². The zero-order chi connectivity index (χ0) is 21.8. The Morgan fingerprint density at radius 3 is 2.32 bits per heavy atom. The summed E-state index contributed by atoms with van der Waals surface area (Å²) in [6, 6.07) is 17.9. The number of nitrogens with zero attached hydrogens (tertiary/aromatic N) is 3. The summed E-state index contributed by atoms with van der Waals surface area (Å²) in [5.41, 5.74) is 3.54. The number of imidazole rings is 1. The van der Waals surface area contributed by atoms with E-state index in [1.54, 1.807) is 9.80 Å². The summed E-state index contributed by atoms with van der Waals surface area (Å²) in [6.45, 7) is 10.1. The van der Waals surface area contributed by atoms with E-state index in [2.05, 4.69) is 25.4 Å². The molecule has 0 saturated carbocycles. The van der Waals surface area contributed by atoms with Crippen LogP contribution in [0.15, 0.2) is 61.2 Å². The number of rotatable bonds is 8. The highest BCUT2D eigenvalue weighted by molar-refractivity contribution is 6.03. The van der Waals surface area contributed by atoms with E-state index < -0.39 is 0 Å². The summed E-state index contributed by atoms with van der Waals surface area (Å²) in [5.74, 6) is 2.17. The van der Waals surface area contributed by atoms with Gasteiger partial charge < -0.3 is 9.72 Å². The standard InChI is InChI=1S/C25H28N4O2/c1-4-15-28-18(3)22-24(29(16-5-2)25(28)30)27-23(26-22)20-11-13-21(14-12-20)31-17-19-9-7-6-8-10-19/h6-14H,3-5,15-17H2,1-2H3,(H,26,27). The van der Waals surface area contributed by atoms with Crippen molar-refractivity contribution in [3.8, 4) is 17.1 Å². The predicted octanol–water partition coefficient (Wildman–Crippen LogP) is 5.69. The first kappa shape index (κ1) is 20.7. The molecule has 4 rings (SSSR count). The number of benzene rings is 2. The first-order valence-electron chi connectivity index (χ1n) is 10.8. The third-order valence-corrected chi connectivity index (χ3v) is 5.29. The lowest BCUT2D eigenvalue weighted by Crippen LogP contribution is -2.46. The van der Waals surface area contributed by atoms with Crippen LogP contribution in [-0.4, -0.2) is 34.0 Å². The number of aromatic nitrogens is 2. The van der Waals surface area contributed by atoms with Crippen molar-refractivity contribution in [1.82, 2.24) is 14.9 Å². The van der Waals surface area contributed by atoms with Crippen molar-refractivity contribution in [3.05, 3.63) is 72.4 Å². The minimum absolute atomic E-state index is 0.0519. The molecule has 0 radical (unpaired) electrons. The van der Waals surface area contributed by atoms with Gasteiger partial charge in [0.2, 0.25) is 0 Å². The van der Waals surface area contributed by atoms with Gasteiger partial charge in [-0.15, -0.1) is 0 Å². The highest BCUT2D eigenvalue weighted by Gasteiger charge is 2.35. The lowest BCUT2D eigenvalue weighted by atomic mass is 10.2. The molecule has 0 fully saturated rings. The summed E-state index contributed by atoms with van der Waals surface area (Å²) in [5, 5.41) is 0. The largest absolute Gasteiger partial charge is 0.489 e. The number of amides is 2. The van der Waals surface area contributed by atoms with Gasteiger partial charge in [0.05, 0.1) is 5.70 Å². The second-order valence-corrected chi connectivity index (χ2v) is 7.62. The maximum absolute atomic E-state index is 13.0. The first-order chi connectivity index (χ1) is 15.1. The van der Waals surface area contributed by atoms with Crippen LogP contribution in [0.25, 0.3) is 17.1 Å². The molecule has 2 aromatic carbocycles. The van der Waals surface area contributed by atoms with E-state index in [0.717, 1.165) is 35.4 Å². The molecule has 3 aromatic rings. The normalized spacial score (nSPS) is 13.5. The maximum atomic E-state index is 13.0. The number of hydrogen-bond donors (Lipinski definition) is 1. The highest BCUT2D eigenvalue weighted by atomic mass is 16.5. The van der Waals surface area contributed by atoms with Gasteiger partial charge in [-0.25, -0.2) is 9.78 Å². The van der Waals surface area contributed by atoms with Crippen LogP contribution in [0.1, 0.15) is 37.9 Å². The quantitative estimate of drug-likeness (QED) is 0.513. The van der Waals surface area contributed by atoms with Crippen molar-refractivity contribution in [2.45, 2.75) is 33.3 Å². The van der Waals surface area contributed by atoms with Crippen molar-refractivity contribution in [3.63, 3.8) is 0 Å². The van der Waals surface area contributed by atoms with Crippen molar-refractivity contribution in [2.75, 3.05) is 18.0 Å². The number of ether oxygens (including phenoxy) is 1. The maximum Gasteiger partial charge on any atom is 0.330 e. The number of H-pyrrole nitrogens is 1. The van der Waals surface area contributed by atoms with Crippen LogP contribution in [0.4, 0.5) is 10.6 Å². The summed E-state index contributed by atoms with van der Waals surface area (Å²) < 4.78 is 5.88. The minimum Gasteiger partial charge on any atom is -0.489 e. The van der Waals surface area contributed by atoms with Crippen LogP contribution < -0.4 is 9.64 Å². The van der Waals surface area contributed by atoms with Crippen LogP contribution in [0, 0.1) is 0 Å². The number of urea groups is 1. The predicted molar refractivity (Wildman–Crippen MR) is 124 cm³/mol.